The number of hydrogen-bond donors (Lipinski definition) is 2. The maximum absolute atomic E-state index is 12.0. The molecule has 5 heteroatoms. The van der Waals surface area contributed by atoms with E-state index < -0.39 is 0 Å². The molecule has 0 bridgehead atoms. The number of rotatable bonds is 3. The number of pyridine rings is 1. The minimum Gasteiger partial charge on any atom is -0.508 e. The van der Waals surface area contributed by atoms with Crippen molar-refractivity contribution in [3.63, 3.8) is 0 Å². The van der Waals surface area contributed by atoms with Gasteiger partial charge >= 0.3 is 0 Å². The highest BCUT2D eigenvalue weighted by molar-refractivity contribution is 6.03. The SMILES string of the molecule is COc1cccc(C(=O)Nc2ccc(O)cc2C)n1. The fraction of sp³-hybridized carbons (Fsp3) is 0.143. The van der Waals surface area contributed by atoms with Gasteiger partial charge < -0.3 is 15.2 Å². The highest BCUT2D eigenvalue weighted by atomic mass is 16.5. The maximum Gasteiger partial charge on any atom is 0.274 e. The van der Waals surface area contributed by atoms with Crippen LogP contribution in [0.1, 0.15) is 16.1 Å². The van der Waals surface area contributed by atoms with Gasteiger partial charge in [0.05, 0.1) is 7.11 Å². The molecule has 1 amide bonds. The first-order valence-electron chi connectivity index (χ1n) is 5.72. The Balaban J connectivity index is 2.20. The van der Waals surface area contributed by atoms with Crippen LogP contribution in [0, 0.1) is 6.92 Å². The Kier molecular flexibility index (Phi) is 3.66. The molecule has 0 aliphatic carbocycles. The van der Waals surface area contributed by atoms with Crippen LogP contribution in [0.15, 0.2) is 36.4 Å². The summed E-state index contributed by atoms with van der Waals surface area (Å²) in [6, 6.07) is 9.71. The second kappa shape index (κ2) is 5.39. The van der Waals surface area contributed by atoms with Gasteiger partial charge in [0.25, 0.3) is 5.91 Å². The molecule has 0 saturated carbocycles. The van der Waals surface area contributed by atoms with Gasteiger partial charge in [-0.15, -0.1) is 0 Å². The maximum atomic E-state index is 12.0. The standard InChI is InChI=1S/C14H14N2O3/c1-9-8-10(17)6-7-11(9)16-14(18)12-4-3-5-13(15-12)19-2/h3-8,17H,1-2H3,(H,16,18). The molecule has 19 heavy (non-hydrogen) atoms. The highest BCUT2D eigenvalue weighted by Gasteiger charge is 2.10. The summed E-state index contributed by atoms with van der Waals surface area (Å²) in [7, 11) is 1.49. The molecule has 0 saturated heterocycles. The van der Waals surface area contributed by atoms with Gasteiger partial charge in [-0.3, -0.25) is 4.79 Å². The quantitative estimate of drug-likeness (QED) is 0.829. The lowest BCUT2D eigenvalue weighted by atomic mass is 10.2. The Bertz CT molecular complexity index is 611. The number of hydrogen-bond acceptors (Lipinski definition) is 4. The first-order valence-corrected chi connectivity index (χ1v) is 5.72. The van der Waals surface area contributed by atoms with Gasteiger partial charge in [0, 0.05) is 11.8 Å². The third kappa shape index (κ3) is 3.01. The Morgan fingerprint density at radius 1 is 1.32 bits per heavy atom. The van der Waals surface area contributed by atoms with Gasteiger partial charge in [0.15, 0.2) is 0 Å². The number of nitrogens with one attached hydrogen (secondary N) is 1. The Labute approximate surface area is 110 Å². The number of aromatic hydroxyl groups is 1. The molecule has 0 aliphatic rings. The molecule has 2 N–H and O–H groups in total. The number of phenols is 1. The zero-order valence-electron chi connectivity index (χ0n) is 10.7. The second-order valence-electron chi connectivity index (χ2n) is 4.02. The Morgan fingerprint density at radius 3 is 2.79 bits per heavy atom. The van der Waals surface area contributed by atoms with Crippen LogP contribution < -0.4 is 10.1 Å². The van der Waals surface area contributed by atoms with Gasteiger partial charge in [-0.1, -0.05) is 6.07 Å². The summed E-state index contributed by atoms with van der Waals surface area (Å²) in [5.74, 6) is 0.220. The molecule has 0 spiro atoms. The molecule has 0 fully saturated rings. The van der Waals surface area contributed by atoms with Crippen molar-refractivity contribution in [2.75, 3.05) is 12.4 Å². The molecule has 98 valence electrons. The fourth-order valence-corrected chi connectivity index (χ4v) is 1.63. The van der Waals surface area contributed by atoms with Gasteiger partial charge in [-0.25, -0.2) is 4.98 Å². The topological polar surface area (TPSA) is 71.5 Å². The van der Waals surface area contributed by atoms with Crippen LogP contribution in [0.25, 0.3) is 0 Å². The van der Waals surface area contributed by atoms with Crippen molar-refractivity contribution in [3.8, 4) is 11.6 Å². The largest absolute Gasteiger partial charge is 0.508 e. The number of anilines is 1. The lowest BCUT2D eigenvalue weighted by Crippen LogP contribution is -2.14. The minimum atomic E-state index is -0.326. The third-order valence-corrected chi connectivity index (χ3v) is 2.62. The lowest BCUT2D eigenvalue weighted by Gasteiger charge is -2.08. The van der Waals surface area contributed by atoms with E-state index in [-0.39, 0.29) is 17.4 Å². The van der Waals surface area contributed by atoms with E-state index in [4.69, 9.17) is 4.74 Å². The summed E-state index contributed by atoms with van der Waals surface area (Å²) >= 11 is 0. The molecule has 0 atom stereocenters. The number of carbonyl (C=O) groups excluding carboxylic acids is 1. The van der Waals surface area contributed by atoms with Crippen molar-refractivity contribution in [2.24, 2.45) is 0 Å². The Morgan fingerprint density at radius 2 is 2.11 bits per heavy atom. The normalized spacial score (nSPS) is 10.0. The van der Waals surface area contributed by atoms with Crippen LogP contribution in [0.3, 0.4) is 0 Å². The number of ether oxygens (including phenoxy) is 1. The van der Waals surface area contributed by atoms with Crippen molar-refractivity contribution < 1.29 is 14.6 Å². The smallest absolute Gasteiger partial charge is 0.274 e. The molecule has 1 aromatic heterocycles. The molecule has 2 aromatic rings. The molecule has 1 aromatic carbocycles. The number of aromatic nitrogens is 1. The minimum absolute atomic E-state index is 0.162. The van der Waals surface area contributed by atoms with Crippen LogP contribution in [0.5, 0.6) is 11.6 Å². The zero-order valence-corrected chi connectivity index (χ0v) is 10.7. The predicted octanol–water partition coefficient (Wildman–Crippen LogP) is 2.36. The van der Waals surface area contributed by atoms with E-state index in [0.29, 0.717) is 11.6 Å². The van der Waals surface area contributed by atoms with Crippen molar-refractivity contribution in [2.45, 2.75) is 6.92 Å². The number of methoxy groups -OCH3 is 1. The summed E-state index contributed by atoms with van der Waals surface area (Å²) in [5, 5.41) is 12.1. The number of benzene rings is 1. The van der Waals surface area contributed by atoms with E-state index in [2.05, 4.69) is 10.3 Å². The fourth-order valence-electron chi connectivity index (χ4n) is 1.63. The number of aryl methyl sites for hydroxylation is 1. The molecule has 0 radical (unpaired) electrons. The van der Waals surface area contributed by atoms with Gasteiger partial charge in [0.2, 0.25) is 5.88 Å². The molecular weight excluding hydrogens is 244 g/mol. The van der Waals surface area contributed by atoms with Crippen LogP contribution in [-0.2, 0) is 0 Å². The van der Waals surface area contributed by atoms with Crippen LogP contribution >= 0.6 is 0 Å². The van der Waals surface area contributed by atoms with E-state index in [9.17, 15) is 9.90 Å². The number of amides is 1. The van der Waals surface area contributed by atoms with E-state index in [0.717, 1.165) is 5.56 Å². The van der Waals surface area contributed by atoms with Gasteiger partial charge in [-0.05, 0) is 36.8 Å². The van der Waals surface area contributed by atoms with E-state index in [1.165, 1.54) is 13.2 Å². The predicted molar refractivity (Wildman–Crippen MR) is 71.6 cm³/mol. The van der Waals surface area contributed by atoms with Crippen LogP contribution in [0.2, 0.25) is 0 Å². The molecule has 5 nitrogen and oxygen atoms in total. The number of nitrogens with zero attached hydrogens (tertiary/aromatic N) is 1. The average Bonchev–Trinajstić information content (AvgIpc) is 2.42. The molecule has 2 rings (SSSR count). The van der Waals surface area contributed by atoms with Crippen molar-refractivity contribution >= 4 is 11.6 Å². The first kappa shape index (κ1) is 12.9. The number of carbonyl (C=O) groups is 1. The molecular formula is C14H14N2O3. The van der Waals surface area contributed by atoms with Crippen LogP contribution in [0.4, 0.5) is 5.69 Å². The average molecular weight is 258 g/mol. The van der Waals surface area contributed by atoms with Crippen molar-refractivity contribution in [3.05, 3.63) is 47.7 Å². The summed E-state index contributed by atoms with van der Waals surface area (Å²) < 4.78 is 4.97. The van der Waals surface area contributed by atoms with Crippen LogP contribution in [-0.4, -0.2) is 23.1 Å². The van der Waals surface area contributed by atoms with E-state index in [1.807, 2.05) is 0 Å². The lowest BCUT2D eigenvalue weighted by molar-refractivity contribution is 0.102. The summed E-state index contributed by atoms with van der Waals surface area (Å²) in [6.45, 7) is 1.80. The molecule has 0 unspecified atom stereocenters. The van der Waals surface area contributed by atoms with Crippen molar-refractivity contribution in [1.29, 1.82) is 0 Å². The van der Waals surface area contributed by atoms with E-state index in [1.54, 1.807) is 37.3 Å². The summed E-state index contributed by atoms with van der Waals surface area (Å²) in [4.78, 5) is 16.1. The van der Waals surface area contributed by atoms with Gasteiger partial charge in [0.1, 0.15) is 11.4 Å². The first-order chi connectivity index (χ1) is 9.10. The monoisotopic (exact) mass is 258 g/mol. The van der Waals surface area contributed by atoms with Crippen molar-refractivity contribution in [1.82, 2.24) is 4.98 Å². The van der Waals surface area contributed by atoms with E-state index >= 15 is 0 Å². The third-order valence-electron chi connectivity index (χ3n) is 2.62. The molecule has 1 heterocycles. The second-order valence-corrected chi connectivity index (χ2v) is 4.02. The summed E-state index contributed by atoms with van der Waals surface area (Å²) in [6.07, 6.45) is 0. The number of phenolic OH excluding ortho intramolecular Hbond substituents is 1. The zero-order chi connectivity index (χ0) is 13.8. The Hall–Kier alpha value is -2.56. The van der Waals surface area contributed by atoms with Gasteiger partial charge in [-0.2, -0.15) is 0 Å². The summed E-state index contributed by atoms with van der Waals surface area (Å²) in [5.41, 5.74) is 1.68. The molecule has 0 aliphatic heterocycles. The highest BCUT2D eigenvalue weighted by Crippen LogP contribution is 2.20.